The van der Waals surface area contributed by atoms with Crippen LogP contribution in [0.15, 0.2) is 122 Å². The predicted octanol–water partition coefficient (Wildman–Crippen LogP) is 15.9. The molecule has 3 aliphatic rings. The van der Waals surface area contributed by atoms with Crippen molar-refractivity contribution in [3.63, 3.8) is 0 Å². The van der Waals surface area contributed by atoms with Gasteiger partial charge in [-0.1, -0.05) is 157 Å². The summed E-state index contributed by atoms with van der Waals surface area (Å²) in [5.74, 6) is 2.71. The first-order chi connectivity index (χ1) is 32.2. The number of anilines is 1. The molecule has 3 aliphatic carbocycles. The van der Waals surface area contributed by atoms with Gasteiger partial charge in [-0.25, -0.2) is 0 Å². The van der Waals surface area contributed by atoms with Crippen molar-refractivity contribution in [3.05, 3.63) is 152 Å². The van der Waals surface area contributed by atoms with Crippen LogP contribution in [0.5, 0.6) is 0 Å². The second kappa shape index (κ2) is 27.9. The first kappa shape index (κ1) is 54.1. The van der Waals surface area contributed by atoms with Crippen molar-refractivity contribution in [1.82, 2.24) is 0 Å². The number of fused-ring (bicyclic) bond motifs is 2. The van der Waals surface area contributed by atoms with Gasteiger partial charge in [0.15, 0.2) is 0 Å². The second-order valence-corrected chi connectivity index (χ2v) is 19.9. The number of unbranched alkanes of at least 4 members (excludes halogenated alkanes) is 2. The van der Waals surface area contributed by atoms with Gasteiger partial charge >= 0.3 is 23.0 Å². The molecule has 4 aromatic carbocycles. The number of rotatable bonds is 23. The van der Waals surface area contributed by atoms with E-state index in [1.807, 2.05) is 6.08 Å². The van der Waals surface area contributed by atoms with Gasteiger partial charge in [0.05, 0.1) is 13.0 Å². The number of carboxylic acid groups (broad SMARTS) is 1. The molecule has 4 atom stereocenters. The molecule has 3 N–H and O–H groups in total. The molecule has 0 heterocycles. The monoisotopic (exact) mass is 945 g/mol. The minimum atomic E-state index is -0.795. The van der Waals surface area contributed by atoms with Gasteiger partial charge in [-0.2, -0.15) is 31.6 Å². The van der Waals surface area contributed by atoms with E-state index in [-0.39, 0.29) is 28.9 Å². The van der Waals surface area contributed by atoms with E-state index in [4.69, 9.17) is 6.58 Å². The predicted molar refractivity (Wildman–Crippen MR) is 284 cm³/mol. The number of quaternary nitrogens is 1. The zero-order valence-corrected chi connectivity index (χ0v) is 42.7. The molecule has 3 fully saturated rings. The number of nitrogens with zero attached hydrogens (tertiary/aromatic N) is 1. The third kappa shape index (κ3) is 14.6. The van der Waals surface area contributed by atoms with Crippen molar-refractivity contribution in [1.29, 1.82) is 0 Å². The van der Waals surface area contributed by atoms with Crippen LogP contribution in [0, 0.1) is 43.4 Å². The standard InChI is InChI=1S/C57H74N2O2.C5H9.Fe/c1-7-11-12-23-47-32-31-43(41-52(47)44-24-13-14-25-44)22-20-39-58-53-35-33-46-27-16-18-30-51(46)56(53)57(6,38-8-2)42(5)21-19-28-48(9-3)59(40-37-55(60)61)54-36-34-45-26-15-17-29-50(45)49(54)10-4;1-2-4-5-3-1;/h8,15-19,21,23,26-30,33-36,43-44,47,52,58H,1-2,5,7,9-14,20,22,24-25,31-32,37-41H2,3-4,6H3,(H,60,61);1H,2-5H2;/q-2;-1;+3/p+1/b21-19+,48-28+;;. The van der Waals surface area contributed by atoms with E-state index in [1.54, 1.807) is 0 Å². The van der Waals surface area contributed by atoms with Gasteiger partial charge in [0, 0.05) is 28.9 Å². The third-order valence-electron chi connectivity index (χ3n) is 15.5. The summed E-state index contributed by atoms with van der Waals surface area (Å²) in [7, 11) is 0. The van der Waals surface area contributed by atoms with Gasteiger partial charge in [-0.05, 0) is 107 Å². The van der Waals surface area contributed by atoms with E-state index in [0.29, 0.717) is 6.54 Å². The zero-order valence-electron chi connectivity index (χ0n) is 41.6. The summed E-state index contributed by atoms with van der Waals surface area (Å²) in [6, 6.07) is 26.2. The van der Waals surface area contributed by atoms with Crippen molar-refractivity contribution in [2.75, 3.05) is 18.0 Å². The molecule has 3 saturated carbocycles. The third-order valence-corrected chi connectivity index (χ3v) is 15.5. The molecule has 0 amide bonds. The number of hydrogen-bond donors (Lipinski definition) is 2. The van der Waals surface area contributed by atoms with Crippen LogP contribution >= 0.6 is 0 Å². The Morgan fingerprint density at radius 2 is 1.64 bits per heavy atom. The van der Waals surface area contributed by atoms with E-state index in [0.717, 1.165) is 72.9 Å². The minimum absolute atomic E-state index is 0. The molecule has 0 aliphatic heterocycles. The van der Waals surface area contributed by atoms with Crippen LogP contribution in [-0.4, -0.2) is 24.2 Å². The summed E-state index contributed by atoms with van der Waals surface area (Å²) in [6.07, 6.45) is 37.7. The number of allylic oxidation sites excluding steroid dienone is 6. The topological polar surface area (TPSA) is 57.2 Å². The van der Waals surface area contributed by atoms with Crippen LogP contribution in [0.3, 0.4) is 0 Å². The first-order valence-corrected chi connectivity index (χ1v) is 26.2. The number of aryl methyl sites for hydroxylation is 1. The SMILES string of the molecule is C=CCC(C)(C(=C)/C=C/C=C(\CC)N(CCC(=O)O)c1ccc2ccccc2c1CC)c1c([NH2+]CCCC2CCC([CH-]CCC[CH2-])C(C3CCCC3)C2)ccc2ccccc12.[CH-]1CCCC1.[Fe+3]. The van der Waals surface area contributed by atoms with E-state index < -0.39 is 5.97 Å². The molecule has 361 valence electrons. The van der Waals surface area contributed by atoms with Crippen LogP contribution in [0.4, 0.5) is 11.4 Å². The number of benzene rings is 4. The van der Waals surface area contributed by atoms with Crippen LogP contribution in [-0.2, 0) is 33.7 Å². The number of nitrogens with two attached hydrogens (primary N) is 1. The van der Waals surface area contributed by atoms with Gasteiger partial charge in [0.2, 0.25) is 0 Å². The summed E-state index contributed by atoms with van der Waals surface area (Å²) in [6.45, 7) is 21.3. The Morgan fingerprint density at radius 3 is 2.30 bits per heavy atom. The summed E-state index contributed by atoms with van der Waals surface area (Å²) < 4.78 is 0. The average molecular weight is 945 g/mol. The fourth-order valence-corrected chi connectivity index (χ4v) is 11.9. The van der Waals surface area contributed by atoms with Crippen LogP contribution in [0.25, 0.3) is 21.5 Å². The molecule has 4 nitrogen and oxygen atoms in total. The van der Waals surface area contributed by atoms with Crippen molar-refractivity contribution in [2.45, 2.75) is 155 Å². The van der Waals surface area contributed by atoms with Gasteiger partial charge in [0.25, 0.3) is 0 Å². The quantitative estimate of drug-likeness (QED) is 0.0195. The first-order valence-electron chi connectivity index (χ1n) is 26.2. The smallest absolute Gasteiger partial charge is 0.481 e. The van der Waals surface area contributed by atoms with E-state index in [9.17, 15) is 9.90 Å². The van der Waals surface area contributed by atoms with Crippen molar-refractivity contribution < 1.29 is 32.3 Å². The van der Waals surface area contributed by atoms with E-state index >= 15 is 0 Å². The van der Waals surface area contributed by atoms with Gasteiger partial charge in [-0.15, -0.1) is 13.0 Å². The summed E-state index contributed by atoms with van der Waals surface area (Å²) in [4.78, 5) is 14.1. The number of aliphatic carboxylic acids is 1. The maximum atomic E-state index is 11.9. The Kier molecular flexibility index (Phi) is 22.5. The number of hydrogen-bond acceptors (Lipinski definition) is 2. The molecule has 0 bridgehead atoms. The fourth-order valence-electron chi connectivity index (χ4n) is 11.9. The molecule has 0 saturated heterocycles. The minimum Gasteiger partial charge on any atom is -0.481 e. The summed E-state index contributed by atoms with van der Waals surface area (Å²) in [5.41, 5.74) is 6.67. The Morgan fingerprint density at radius 1 is 0.940 bits per heavy atom. The Hall–Kier alpha value is -3.89. The molecule has 67 heavy (non-hydrogen) atoms. The van der Waals surface area contributed by atoms with Gasteiger partial charge in [0.1, 0.15) is 5.69 Å². The summed E-state index contributed by atoms with van der Waals surface area (Å²) in [5, 5.41) is 17.2. The molecule has 4 aromatic rings. The van der Waals surface area contributed by atoms with Crippen LogP contribution in [0.2, 0.25) is 0 Å². The van der Waals surface area contributed by atoms with Gasteiger partial charge < -0.3 is 35.1 Å². The number of carbonyl (C=O) groups is 1. The number of carboxylic acids is 1. The second-order valence-electron chi connectivity index (χ2n) is 19.9. The zero-order chi connectivity index (χ0) is 46.7. The van der Waals surface area contributed by atoms with E-state index in [2.05, 4.69) is 148 Å². The molecular weight excluding hydrogens is 861 g/mol. The average Bonchev–Trinajstić information content (AvgIpc) is 4.11. The molecule has 0 spiro atoms. The van der Waals surface area contributed by atoms with E-state index in [1.165, 1.54) is 135 Å². The van der Waals surface area contributed by atoms with Crippen molar-refractivity contribution in [3.8, 4) is 0 Å². The largest absolute Gasteiger partial charge is 3.00 e. The molecule has 0 aromatic heterocycles. The molecule has 1 radical (unpaired) electrons. The Labute approximate surface area is 417 Å². The van der Waals surface area contributed by atoms with Crippen LogP contribution < -0.4 is 10.2 Å². The van der Waals surface area contributed by atoms with Gasteiger partial charge in [-0.3, -0.25) is 4.79 Å². The summed E-state index contributed by atoms with van der Waals surface area (Å²) >= 11 is 0. The molecule has 7 rings (SSSR count). The maximum Gasteiger partial charge on any atom is 3.00 e. The molecule has 5 heteroatoms. The Balaban J connectivity index is 0.00000131. The fraction of sp³-hybridized carbons (Fsp3) is 0.484. The van der Waals surface area contributed by atoms with Crippen molar-refractivity contribution in [2.24, 2.45) is 23.7 Å². The Bertz CT molecular complexity index is 2220. The van der Waals surface area contributed by atoms with Crippen LogP contribution in [0.1, 0.15) is 154 Å². The molecule has 4 unspecified atom stereocenters. The molecular formula is C62H84FeN2O2+. The maximum absolute atomic E-state index is 11.9. The normalized spacial score (nSPS) is 19.8. The van der Waals surface area contributed by atoms with Crippen molar-refractivity contribution >= 4 is 38.9 Å².